The highest BCUT2D eigenvalue weighted by molar-refractivity contribution is 5.59. The highest BCUT2D eigenvalue weighted by Crippen LogP contribution is 2.23. The fourth-order valence-electron chi connectivity index (χ4n) is 3.79. The van der Waals surface area contributed by atoms with Crippen LogP contribution in [-0.2, 0) is 13.6 Å². The largest absolute Gasteiger partial charge is 0.341 e. The van der Waals surface area contributed by atoms with Crippen LogP contribution in [0.5, 0.6) is 0 Å². The van der Waals surface area contributed by atoms with Crippen molar-refractivity contribution < 1.29 is 0 Å². The molecule has 3 heterocycles. The van der Waals surface area contributed by atoms with Crippen LogP contribution in [0.4, 0.5) is 5.95 Å². The molecule has 1 atom stereocenters. The topological polar surface area (TPSA) is 54.3 Å². The van der Waals surface area contributed by atoms with Crippen LogP contribution in [0.25, 0.3) is 11.3 Å². The molecule has 1 fully saturated rings. The van der Waals surface area contributed by atoms with E-state index in [-0.39, 0.29) is 5.56 Å². The first-order valence-electron chi connectivity index (χ1n) is 9.59. The Labute approximate surface area is 165 Å². The van der Waals surface area contributed by atoms with Gasteiger partial charge in [-0.2, -0.15) is 0 Å². The summed E-state index contributed by atoms with van der Waals surface area (Å²) in [5, 5.41) is 0. The summed E-state index contributed by atoms with van der Waals surface area (Å²) in [7, 11) is 3.82. The number of pyridine rings is 1. The maximum Gasteiger partial charge on any atom is 0.255 e. The minimum atomic E-state index is -0.0530. The summed E-state index contributed by atoms with van der Waals surface area (Å²) in [5.41, 5.74) is 2.87. The molecule has 0 radical (unpaired) electrons. The first-order valence-corrected chi connectivity index (χ1v) is 9.59. The molecule has 4 rings (SSSR count). The highest BCUT2D eigenvalue weighted by Gasteiger charge is 2.28. The number of benzene rings is 1. The lowest BCUT2D eigenvalue weighted by atomic mass is 10.2. The Hall–Kier alpha value is -2.99. The van der Waals surface area contributed by atoms with Crippen LogP contribution < -0.4 is 10.5 Å². The Morgan fingerprint density at radius 1 is 1.14 bits per heavy atom. The van der Waals surface area contributed by atoms with Gasteiger partial charge in [0, 0.05) is 63.8 Å². The summed E-state index contributed by atoms with van der Waals surface area (Å²) in [6.45, 7) is 2.96. The van der Waals surface area contributed by atoms with Crippen LogP contribution >= 0.6 is 0 Å². The number of rotatable bonds is 5. The third kappa shape index (κ3) is 3.82. The van der Waals surface area contributed by atoms with E-state index in [1.165, 1.54) is 5.56 Å². The average molecular weight is 375 g/mol. The summed E-state index contributed by atoms with van der Waals surface area (Å²) in [6.07, 6.45) is 4.49. The number of aromatic nitrogens is 3. The molecule has 1 aromatic carbocycles. The predicted molar refractivity (Wildman–Crippen MR) is 111 cm³/mol. The van der Waals surface area contributed by atoms with E-state index in [9.17, 15) is 4.79 Å². The second-order valence-electron chi connectivity index (χ2n) is 7.35. The van der Waals surface area contributed by atoms with Gasteiger partial charge in [-0.15, -0.1) is 0 Å². The van der Waals surface area contributed by atoms with Crippen molar-refractivity contribution in [1.82, 2.24) is 19.4 Å². The number of likely N-dealkylation sites (tertiary alicyclic amines) is 1. The number of hydrogen-bond acceptors (Lipinski definition) is 5. The minimum absolute atomic E-state index is 0.0530. The molecule has 0 amide bonds. The first-order chi connectivity index (χ1) is 13.6. The number of anilines is 1. The molecule has 0 spiro atoms. The van der Waals surface area contributed by atoms with Gasteiger partial charge < -0.3 is 4.90 Å². The van der Waals surface area contributed by atoms with Crippen molar-refractivity contribution in [3.8, 4) is 11.3 Å². The molecule has 0 aliphatic carbocycles. The van der Waals surface area contributed by atoms with Gasteiger partial charge in [-0.1, -0.05) is 30.3 Å². The maximum absolute atomic E-state index is 12.5. The van der Waals surface area contributed by atoms with Crippen LogP contribution in [0.15, 0.2) is 65.7 Å². The van der Waals surface area contributed by atoms with Gasteiger partial charge in [0.05, 0.1) is 5.69 Å². The van der Waals surface area contributed by atoms with Crippen molar-refractivity contribution >= 4 is 5.95 Å². The Balaban J connectivity index is 1.54. The van der Waals surface area contributed by atoms with E-state index >= 15 is 0 Å². The smallest absolute Gasteiger partial charge is 0.255 e. The number of likely N-dealkylation sites (N-methyl/N-ethyl adjacent to an activating group) is 1. The van der Waals surface area contributed by atoms with Crippen molar-refractivity contribution in [2.24, 2.45) is 7.05 Å². The maximum atomic E-state index is 12.5. The molecule has 144 valence electrons. The number of nitrogens with zero attached hydrogens (tertiary/aromatic N) is 5. The molecule has 0 N–H and O–H groups in total. The standard InChI is InChI=1S/C22H25N5O/c1-25(19-10-13-27(16-19)15-17-6-4-3-5-7-17)22-24-20(14-21(28)26(22)2)18-8-11-23-12-9-18/h3-9,11-12,14,19H,10,13,15-16H2,1-2H3. The van der Waals surface area contributed by atoms with Gasteiger partial charge in [0.15, 0.2) is 0 Å². The summed E-state index contributed by atoms with van der Waals surface area (Å²) >= 11 is 0. The van der Waals surface area contributed by atoms with E-state index in [0.29, 0.717) is 17.7 Å². The predicted octanol–water partition coefficient (Wildman–Crippen LogP) is 2.55. The van der Waals surface area contributed by atoms with Gasteiger partial charge in [0.1, 0.15) is 0 Å². The Bertz CT molecular complexity index is 987. The Morgan fingerprint density at radius 2 is 1.89 bits per heavy atom. The van der Waals surface area contributed by atoms with Crippen LogP contribution in [0, 0.1) is 0 Å². The zero-order valence-electron chi connectivity index (χ0n) is 16.3. The summed E-state index contributed by atoms with van der Waals surface area (Å²) in [6, 6.07) is 16.2. The molecule has 1 saturated heterocycles. The van der Waals surface area contributed by atoms with Crippen molar-refractivity contribution in [3.63, 3.8) is 0 Å². The van der Waals surface area contributed by atoms with Crippen molar-refractivity contribution in [2.45, 2.75) is 19.0 Å². The Kier molecular flexibility index (Phi) is 5.21. The third-order valence-electron chi connectivity index (χ3n) is 5.45. The molecule has 6 nitrogen and oxygen atoms in total. The van der Waals surface area contributed by atoms with Crippen LogP contribution in [-0.4, -0.2) is 45.6 Å². The Morgan fingerprint density at radius 3 is 2.64 bits per heavy atom. The monoisotopic (exact) mass is 375 g/mol. The van der Waals surface area contributed by atoms with Gasteiger partial charge >= 0.3 is 0 Å². The minimum Gasteiger partial charge on any atom is -0.341 e. The summed E-state index contributed by atoms with van der Waals surface area (Å²) in [4.78, 5) is 26.0. The highest BCUT2D eigenvalue weighted by atomic mass is 16.1. The van der Waals surface area contributed by atoms with Gasteiger partial charge in [-0.05, 0) is 24.1 Å². The van der Waals surface area contributed by atoms with Crippen molar-refractivity contribution in [1.29, 1.82) is 0 Å². The molecule has 3 aromatic rings. The molecule has 1 unspecified atom stereocenters. The zero-order valence-corrected chi connectivity index (χ0v) is 16.3. The molecule has 2 aromatic heterocycles. The van der Waals surface area contributed by atoms with Crippen molar-refractivity contribution in [3.05, 3.63) is 76.8 Å². The first kappa shape index (κ1) is 18.4. The normalized spacial score (nSPS) is 17.0. The average Bonchev–Trinajstić information content (AvgIpc) is 3.19. The fraction of sp³-hybridized carbons (Fsp3) is 0.318. The van der Waals surface area contributed by atoms with Crippen LogP contribution in [0.2, 0.25) is 0 Å². The lowest BCUT2D eigenvalue weighted by molar-refractivity contribution is 0.325. The van der Waals surface area contributed by atoms with Gasteiger partial charge in [0.2, 0.25) is 5.95 Å². The molecule has 28 heavy (non-hydrogen) atoms. The summed E-state index contributed by atoms with van der Waals surface area (Å²) in [5.74, 6) is 0.700. The van der Waals surface area contributed by atoms with E-state index in [2.05, 4.69) is 39.0 Å². The second-order valence-corrected chi connectivity index (χ2v) is 7.35. The van der Waals surface area contributed by atoms with E-state index in [1.807, 2.05) is 25.2 Å². The van der Waals surface area contributed by atoms with Crippen molar-refractivity contribution in [2.75, 3.05) is 25.0 Å². The molecule has 1 aliphatic rings. The SMILES string of the molecule is CN(c1nc(-c2ccncc2)cc(=O)n1C)C1CCN(Cc2ccccc2)C1. The number of hydrogen-bond donors (Lipinski definition) is 0. The van der Waals surface area contributed by atoms with E-state index in [4.69, 9.17) is 4.98 Å². The molecule has 1 aliphatic heterocycles. The molecule has 0 saturated carbocycles. The lowest BCUT2D eigenvalue weighted by Crippen LogP contribution is -2.38. The molecular formula is C22H25N5O. The molecule has 0 bridgehead atoms. The third-order valence-corrected chi connectivity index (χ3v) is 5.45. The van der Waals surface area contributed by atoms with E-state index in [1.54, 1.807) is 30.1 Å². The van der Waals surface area contributed by atoms with E-state index < -0.39 is 0 Å². The van der Waals surface area contributed by atoms with Crippen LogP contribution in [0.1, 0.15) is 12.0 Å². The molecular weight excluding hydrogens is 350 g/mol. The second kappa shape index (κ2) is 7.94. The van der Waals surface area contributed by atoms with Gasteiger partial charge in [-0.3, -0.25) is 19.2 Å². The van der Waals surface area contributed by atoms with Crippen LogP contribution in [0.3, 0.4) is 0 Å². The van der Waals surface area contributed by atoms with Gasteiger partial charge in [0.25, 0.3) is 5.56 Å². The zero-order chi connectivity index (χ0) is 19.5. The van der Waals surface area contributed by atoms with Gasteiger partial charge in [-0.25, -0.2) is 4.98 Å². The lowest BCUT2D eigenvalue weighted by Gasteiger charge is -2.27. The summed E-state index contributed by atoms with van der Waals surface area (Å²) < 4.78 is 1.63. The fourth-order valence-corrected chi connectivity index (χ4v) is 3.79. The van der Waals surface area contributed by atoms with E-state index in [0.717, 1.165) is 31.6 Å². The molecule has 6 heteroatoms. The quantitative estimate of drug-likeness (QED) is 0.686.